The number of benzene rings is 4. The van der Waals surface area contributed by atoms with E-state index in [9.17, 15) is 0 Å². The summed E-state index contributed by atoms with van der Waals surface area (Å²) in [6.45, 7) is 38.5. The highest BCUT2D eigenvalue weighted by atomic mass is 15.4. The van der Waals surface area contributed by atoms with Crippen LogP contribution in [0.25, 0.3) is 0 Å². The van der Waals surface area contributed by atoms with Crippen molar-refractivity contribution in [3.05, 3.63) is 128 Å². The molecular formula is C46H66N4. The molecule has 4 nitrogen and oxygen atoms in total. The second-order valence-corrected chi connectivity index (χ2v) is 14.0. The molecule has 2 aliphatic rings. The first-order valence-electron chi connectivity index (χ1n) is 18.8. The fraction of sp³-hybridized carbons (Fsp3) is 0.435. The normalized spacial score (nSPS) is 13.4. The van der Waals surface area contributed by atoms with Gasteiger partial charge in [0.05, 0.1) is 13.3 Å². The Morgan fingerprint density at radius 2 is 0.540 bits per heavy atom. The van der Waals surface area contributed by atoms with Crippen LogP contribution in [-0.4, -0.2) is 26.4 Å². The van der Waals surface area contributed by atoms with Crippen molar-refractivity contribution in [3.63, 3.8) is 0 Å². The highest BCUT2D eigenvalue weighted by Crippen LogP contribution is 2.35. The molecule has 1 saturated heterocycles. The predicted octanol–water partition coefficient (Wildman–Crippen LogP) is 12.2. The highest BCUT2D eigenvalue weighted by molar-refractivity contribution is 5.69. The van der Waals surface area contributed by atoms with Gasteiger partial charge in [0.15, 0.2) is 0 Å². The van der Waals surface area contributed by atoms with Crippen molar-refractivity contribution < 1.29 is 0 Å². The average Bonchev–Trinajstić information content (AvgIpc) is 3.68. The van der Waals surface area contributed by atoms with Crippen molar-refractivity contribution in [2.75, 3.05) is 46.0 Å². The van der Waals surface area contributed by atoms with Crippen LogP contribution in [0.1, 0.15) is 94.5 Å². The van der Waals surface area contributed by atoms with E-state index in [1.54, 1.807) is 0 Å². The fourth-order valence-corrected chi connectivity index (χ4v) is 8.26. The molecule has 0 saturated carbocycles. The van der Waals surface area contributed by atoms with Crippen molar-refractivity contribution >= 4 is 22.7 Å². The Labute approximate surface area is 306 Å². The van der Waals surface area contributed by atoms with E-state index in [1.807, 2.05) is 27.7 Å². The Morgan fingerprint density at radius 3 is 0.780 bits per heavy atom. The Hall–Kier alpha value is -4.18. The summed E-state index contributed by atoms with van der Waals surface area (Å²) in [5.41, 5.74) is 21.8. The van der Waals surface area contributed by atoms with Gasteiger partial charge in [0.2, 0.25) is 0 Å². The van der Waals surface area contributed by atoms with E-state index in [1.165, 1.54) is 89.5 Å². The van der Waals surface area contributed by atoms with E-state index < -0.39 is 0 Å². The van der Waals surface area contributed by atoms with Gasteiger partial charge in [-0.2, -0.15) is 0 Å². The quantitative estimate of drug-likeness (QED) is 0.214. The summed E-state index contributed by atoms with van der Waals surface area (Å²) < 4.78 is 0. The molecule has 4 aromatic rings. The van der Waals surface area contributed by atoms with E-state index in [4.69, 9.17) is 0 Å². The smallest absolute Gasteiger partial charge is 0.0989 e. The van der Waals surface area contributed by atoms with Gasteiger partial charge < -0.3 is 19.6 Å². The Kier molecular flexibility index (Phi) is 14.2. The van der Waals surface area contributed by atoms with Gasteiger partial charge in [-0.1, -0.05) is 98.5 Å². The summed E-state index contributed by atoms with van der Waals surface area (Å²) in [4.78, 5) is 9.76. The standard InChI is InChI=1S/C21H28N2.C21H26N2.2C2H6/c2*1-14-9-16(3)20(17(4)10-14)22-7-8-23(13-22)21-18(5)11-15(2)12-19(21)6;2*1-2/h9-12H,7-8,13H2,1-6H3;7-12H,13H2,1-6H3;2*1-2H3. The molecular weight excluding hydrogens is 609 g/mol. The largest absolute Gasteiger partial charge is 0.352 e. The second kappa shape index (κ2) is 17.7. The third-order valence-electron chi connectivity index (χ3n) is 9.46. The van der Waals surface area contributed by atoms with Crippen LogP contribution in [0.5, 0.6) is 0 Å². The number of anilines is 4. The number of hydrogen-bond acceptors (Lipinski definition) is 4. The lowest BCUT2D eigenvalue weighted by molar-refractivity contribution is 0.930. The Balaban J connectivity index is 0.000000246. The van der Waals surface area contributed by atoms with E-state index >= 15 is 0 Å². The Morgan fingerprint density at radius 1 is 0.320 bits per heavy atom. The van der Waals surface area contributed by atoms with Crippen LogP contribution in [0.3, 0.4) is 0 Å². The lowest BCUT2D eigenvalue weighted by Gasteiger charge is -2.27. The summed E-state index contributed by atoms with van der Waals surface area (Å²) in [6, 6.07) is 18.3. The van der Waals surface area contributed by atoms with Gasteiger partial charge in [0.25, 0.3) is 0 Å². The topological polar surface area (TPSA) is 13.0 Å². The molecule has 0 spiro atoms. The summed E-state index contributed by atoms with van der Waals surface area (Å²) >= 11 is 0. The minimum Gasteiger partial charge on any atom is -0.352 e. The van der Waals surface area contributed by atoms with Crippen LogP contribution >= 0.6 is 0 Å². The van der Waals surface area contributed by atoms with Gasteiger partial charge in [0.1, 0.15) is 0 Å². The van der Waals surface area contributed by atoms with Gasteiger partial charge in [0, 0.05) is 48.2 Å². The minimum absolute atomic E-state index is 0.871. The molecule has 1 fully saturated rings. The summed E-state index contributed by atoms with van der Waals surface area (Å²) in [5.74, 6) is 0. The molecule has 0 aliphatic carbocycles. The first-order valence-corrected chi connectivity index (χ1v) is 18.8. The zero-order valence-electron chi connectivity index (χ0n) is 34.4. The summed E-state index contributed by atoms with van der Waals surface area (Å²) in [6.07, 6.45) is 4.40. The van der Waals surface area contributed by atoms with Crippen LogP contribution < -0.4 is 19.6 Å². The molecule has 0 aromatic heterocycles. The third-order valence-corrected chi connectivity index (χ3v) is 9.46. The third kappa shape index (κ3) is 9.13. The second-order valence-electron chi connectivity index (χ2n) is 14.0. The molecule has 6 rings (SSSR count). The molecule has 0 unspecified atom stereocenters. The average molecular weight is 675 g/mol. The monoisotopic (exact) mass is 675 g/mol. The zero-order valence-corrected chi connectivity index (χ0v) is 34.4. The van der Waals surface area contributed by atoms with Gasteiger partial charge in [-0.05, 0) is 128 Å². The first-order chi connectivity index (χ1) is 23.7. The SMILES string of the molecule is CC.CC.Cc1cc(C)c(N2C=CN(c3c(C)cc(C)cc3C)C2)c(C)c1.Cc1cc(C)c(N2CCN(c3c(C)cc(C)cc3C)C2)c(C)c1. The van der Waals surface area contributed by atoms with Gasteiger partial charge in [-0.25, -0.2) is 0 Å². The maximum atomic E-state index is 2.53. The van der Waals surface area contributed by atoms with Gasteiger partial charge in [-0.3, -0.25) is 0 Å². The van der Waals surface area contributed by atoms with E-state index in [0.29, 0.717) is 0 Å². The molecule has 0 atom stereocenters. The molecule has 0 bridgehead atoms. The van der Waals surface area contributed by atoms with Gasteiger partial charge in [-0.15, -0.1) is 0 Å². The van der Waals surface area contributed by atoms with Crippen LogP contribution in [0.15, 0.2) is 60.9 Å². The fourth-order valence-electron chi connectivity index (χ4n) is 8.26. The van der Waals surface area contributed by atoms with Crippen molar-refractivity contribution in [1.29, 1.82) is 0 Å². The van der Waals surface area contributed by atoms with Crippen molar-refractivity contribution in [3.8, 4) is 0 Å². The Bertz CT molecular complexity index is 1580. The molecule has 0 amide bonds. The molecule has 2 heterocycles. The first kappa shape index (κ1) is 40.3. The summed E-state index contributed by atoms with van der Waals surface area (Å²) in [7, 11) is 0. The summed E-state index contributed by atoms with van der Waals surface area (Å²) in [5, 5.41) is 0. The van der Waals surface area contributed by atoms with Crippen LogP contribution in [0.2, 0.25) is 0 Å². The molecule has 0 N–H and O–H groups in total. The molecule has 4 aromatic carbocycles. The van der Waals surface area contributed by atoms with E-state index in [0.717, 1.165) is 26.4 Å². The molecule has 0 radical (unpaired) electrons. The highest BCUT2D eigenvalue weighted by Gasteiger charge is 2.25. The number of hydrogen-bond donors (Lipinski definition) is 0. The van der Waals surface area contributed by atoms with Crippen molar-refractivity contribution in [1.82, 2.24) is 0 Å². The lowest BCUT2D eigenvalue weighted by atomic mass is 10.0. The van der Waals surface area contributed by atoms with Crippen LogP contribution in [0.4, 0.5) is 22.7 Å². The van der Waals surface area contributed by atoms with Crippen LogP contribution in [0, 0.1) is 83.1 Å². The predicted molar refractivity (Wildman–Crippen MR) is 224 cm³/mol. The zero-order chi connectivity index (χ0) is 37.4. The van der Waals surface area contributed by atoms with Gasteiger partial charge >= 0.3 is 0 Å². The lowest BCUT2D eigenvalue weighted by Crippen LogP contribution is -2.27. The van der Waals surface area contributed by atoms with Crippen molar-refractivity contribution in [2.24, 2.45) is 0 Å². The molecule has 270 valence electrons. The number of rotatable bonds is 4. The minimum atomic E-state index is 0.871. The molecule has 50 heavy (non-hydrogen) atoms. The molecule has 4 heteroatoms. The number of nitrogens with zero attached hydrogens (tertiary/aromatic N) is 4. The van der Waals surface area contributed by atoms with Crippen molar-refractivity contribution in [2.45, 2.75) is 111 Å². The maximum absolute atomic E-state index is 2.53. The van der Waals surface area contributed by atoms with E-state index in [-0.39, 0.29) is 0 Å². The molecule has 2 aliphatic heterocycles. The maximum Gasteiger partial charge on any atom is 0.0989 e. The van der Waals surface area contributed by atoms with E-state index in [2.05, 4.69) is 164 Å². The number of aryl methyl sites for hydroxylation is 12. The van der Waals surface area contributed by atoms with Crippen LogP contribution in [-0.2, 0) is 0 Å².